The van der Waals surface area contributed by atoms with Crippen molar-refractivity contribution in [3.8, 4) is 0 Å². The molecular weight excluding hydrogens is 174 g/mol. The molecule has 0 spiro atoms. The van der Waals surface area contributed by atoms with E-state index in [0.29, 0.717) is 25.9 Å². The molecule has 2 unspecified atom stereocenters. The van der Waals surface area contributed by atoms with Gasteiger partial charge in [-0.15, -0.1) is 0 Å². The second-order valence-electron chi connectivity index (χ2n) is 2.71. The predicted molar refractivity (Wildman–Crippen MR) is 48.1 cm³/mol. The van der Waals surface area contributed by atoms with E-state index in [9.17, 15) is 0 Å². The Hall–Kier alpha value is -0.200. The minimum atomic E-state index is -0.708. The maximum atomic E-state index is 8.98. The second kappa shape index (κ2) is 8.40. The standard InChI is InChI=1S/C8H19NO4/c1-12-7(10)3-5-9-6-4-8(11)13-2/h7-11H,3-6H2,1-2H3. The Kier molecular flexibility index (Phi) is 8.27. The Bertz CT molecular complexity index is 100. The lowest BCUT2D eigenvalue weighted by Crippen LogP contribution is -2.25. The predicted octanol–water partition coefficient (Wildman–Crippen LogP) is -0.714. The van der Waals surface area contributed by atoms with E-state index in [4.69, 9.17) is 10.2 Å². The summed E-state index contributed by atoms with van der Waals surface area (Å²) in [5, 5.41) is 21.0. The molecule has 0 aromatic carbocycles. The molecule has 0 aliphatic carbocycles. The highest BCUT2D eigenvalue weighted by Gasteiger charge is 2.01. The highest BCUT2D eigenvalue weighted by Crippen LogP contribution is 1.91. The molecule has 0 aliphatic heterocycles. The van der Waals surface area contributed by atoms with Gasteiger partial charge in [0.1, 0.15) is 0 Å². The van der Waals surface area contributed by atoms with Crippen LogP contribution in [0.25, 0.3) is 0 Å². The average molecular weight is 193 g/mol. The molecule has 0 saturated carbocycles. The molecule has 0 saturated heterocycles. The van der Waals surface area contributed by atoms with Crippen LogP contribution in [-0.4, -0.2) is 50.1 Å². The van der Waals surface area contributed by atoms with Crippen molar-refractivity contribution in [2.24, 2.45) is 0 Å². The Balaban J connectivity index is 3.08. The van der Waals surface area contributed by atoms with Gasteiger partial charge in [-0.3, -0.25) is 0 Å². The van der Waals surface area contributed by atoms with Crippen molar-refractivity contribution in [3.05, 3.63) is 0 Å². The van der Waals surface area contributed by atoms with Crippen LogP contribution < -0.4 is 5.32 Å². The van der Waals surface area contributed by atoms with Gasteiger partial charge in [-0.25, -0.2) is 0 Å². The molecule has 0 radical (unpaired) electrons. The van der Waals surface area contributed by atoms with E-state index in [0.717, 1.165) is 0 Å². The summed E-state index contributed by atoms with van der Waals surface area (Å²) in [6, 6.07) is 0. The van der Waals surface area contributed by atoms with E-state index in [1.807, 2.05) is 0 Å². The zero-order valence-corrected chi connectivity index (χ0v) is 8.19. The molecule has 0 aliphatic rings. The molecule has 5 nitrogen and oxygen atoms in total. The van der Waals surface area contributed by atoms with Gasteiger partial charge >= 0.3 is 0 Å². The lowest BCUT2D eigenvalue weighted by Gasteiger charge is -2.10. The van der Waals surface area contributed by atoms with Crippen molar-refractivity contribution < 1.29 is 19.7 Å². The topological polar surface area (TPSA) is 71.0 Å². The second-order valence-corrected chi connectivity index (χ2v) is 2.71. The van der Waals surface area contributed by atoms with E-state index >= 15 is 0 Å². The lowest BCUT2D eigenvalue weighted by molar-refractivity contribution is -0.0810. The smallest absolute Gasteiger partial charge is 0.155 e. The van der Waals surface area contributed by atoms with E-state index < -0.39 is 12.6 Å². The van der Waals surface area contributed by atoms with Gasteiger partial charge in [0.05, 0.1) is 0 Å². The summed E-state index contributed by atoms with van der Waals surface area (Å²) in [7, 11) is 2.92. The fraction of sp³-hybridized carbons (Fsp3) is 1.00. The van der Waals surface area contributed by atoms with Crippen molar-refractivity contribution in [2.45, 2.75) is 25.4 Å². The normalized spacial score (nSPS) is 15.7. The van der Waals surface area contributed by atoms with Gasteiger partial charge < -0.3 is 25.0 Å². The Morgan fingerprint density at radius 2 is 1.38 bits per heavy atom. The molecule has 0 fully saturated rings. The van der Waals surface area contributed by atoms with Crippen LogP contribution in [0, 0.1) is 0 Å². The first-order valence-electron chi connectivity index (χ1n) is 4.33. The van der Waals surface area contributed by atoms with Crippen LogP contribution >= 0.6 is 0 Å². The molecular formula is C8H19NO4. The van der Waals surface area contributed by atoms with Gasteiger partial charge in [0.15, 0.2) is 12.6 Å². The third-order valence-corrected chi connectivity index (χ3v) is 1.68. The highest BCUT2D eigenvalue weighted by molar-refractivity contribution is 4.51. The van der Waals surface area contributed by atoms with Crippen molar-refractivity contribution in [2.75, 3.05) is 27.3 Å². The van der Waals surface area contributed by atoms with Crippen LogP contribution in [-0.2, 0) is 9.47 Å². The van der Waals surface area contributed by atoms with Crippen LogP contribution in [0.3, 0.4) is 0 Å². The molecule has 80 valence electrons. The number of ether oxygens (including phenoxy) is 2. The molecule has 2 atom stereocenters. The fourth-order valence-corrected chi connectivity index (χ4v) is 0.812. The van der Waals surface area contributed by atoms with Crippen LogP contribution in [0.2, 0.25) is 0 Å². The largest absolute Gasteiger partial charge is 0.368 e. The van der Waals surface area contributed by atoms with Gasteiger partial charge in [-0.2, -0.15) is 0 Å². The van der Waals surface area contributed by atoms with Gasteiger partial charge in [-0.05, 0) is 13.1 Å². The molecule has 3 N–H and O–H groups in total. The third-order valence-electron chi connectivity index (χ3n) is 1.68. The number of methoxy groups -OCH3 is 2. The van der Waals surface area contributed by atoms with Gasteiger partial charge in [0.25, 0.3) is 0 Å². The number of hydrogen-bond acceptors (Lipinski definition) is 5. The van der Waals surface area contributed by atoms with E-state index in [1.54, 1.807) is 0 Å². The maximum absolute atomic E-state index is 8.98. The first-order chi connectivity index (χ1) is 6.20. The van der Waals surface area contributed by atoms with Crippen LogP contribution in [0.1, 0.15) is 12.8 Å². The van der Waals surface area contributed by atoms with E-state index in [-0.39, 0.29) is 0 Å². The molecule has 5 heteroatoms. The van der Waals surface area contributed by atoms with Crippen molar-refractivity contribution in [1.82, 2.24) is 5.32 Å². The summed E-state index contributed by atoms with van der Waals surface area (Å²) < 4.78 is 9.28. The van der Waals surface area contributed by atoms with Crippen LogP contribution in [0.5, 0.6) is 0 Å². The monoisotopic (exact) mass is 193 g/mol. The van der Waals surface area contributed by atoms with Crippen molar-refractivity contribution >= 4 is 0 Å². The Morgan fingerprint density at radius 3 is 1.69 bits per heavy atom. The fourth-order valence-electron chi connectivity index (χ4n) is 0.812. The number of nitrogens with one attached hydrogen (secondary N) is 1. The van der Waals surface area contributed by atoms with Crippen molar-refractivity contribution in [1.29, 1.82) is 0 Å². The quantitative estimate of drug-likeness (QED) is 0.351. The summed E-state index contributed by atoms with van der Waals surface area (Å²) in [4.78, 5) is 0. The number of rotatable bonds is 8. The van der Waals surface area contributed by atoms with Gasteiger partial charge in [-0.1, -0.05) is 0 Å². The lowest BCUT2D eigenvalue weighted by atomic mass is 10.3. The minimum Gasteiger partial charge on any atom is -0.368 e. The molecule has 0 bridgehead atoms. The summed E-state index contributed by atoms with van der Waals surface area (Å²) in [6.45, 7) is 1.32. The van der Waals surface area contributed by atoms with Gasteiger partial charge in [0.2, 0.25) is 0 Å². The average Bonchev–Trinajstić information content (AvgIpc) is 2.16. The first-order valence-corrected chi connectivity index (χ1v) is 4.33. The number of aliphatic hydroxyl groups is 2. The van der Waals surface area contributed by atoms with E-state index in [2.05, 4.69) is 14.8 Å². The SMILES string of the molecule is COC(O)CCNCCC(O)OC. The third kappa shape index (κ3) is 8.14. The Labute approximate surface area is 78.7 Å². The molecule has 0 aromatic rings. The highest BCUT2D eigenvalue weighted by atomic mass is 16.6. The van der Waals surface area contributed by atoms with E-state index in [1.165, 1.54) is 14.2 Å². The summed E-state index contributed by atoms with van der Waals surface area (Å²) in [5.41, 5.74) is 0. The summed E-state index contributed by atoms with van der Waals surface area (Å²) >= 11 is 0. The minimum absolute atomic E-state index is 0.541. The number of hydrogen-bond donors (Lipinski definition) is 3. The van der Waals surface area contributed by atoms with Gasteiger partial charge in [0, 0.05) is 27.1 Å². The summed E-state index contributed by atoms with van der Waals surface area (Å²) in [5.74, 6) is 0. The van der Waals surface area contributed by atoms with Crippen LogP contribution in [0.4, 0.5) is 0 Å². The summed E-state index contributed by atoms with van der Waals surface area (Å²) in [6.07, 6.45) is -0.334. The Morgan fingerprint density at radius 1 is 1.00 bits per heavy atom. The molecule has 0 amide bonds. The zero-order chi connectivity index (χ0) is 10.1. The number of aliphatic hydroxyl groups excluding tert-OH is 2. The van der Waals surface area contributed by atoms with Crippen molar-refractivity contribution in [3.63, 3.8) is 0 Å². The maximum Gasteiger partial charge on any atom is 0.155 e. The first kappa shape index (κ1) is 12.8. The molecule has 0 heterocycles. The molecule has 13 heavy (non-hydrogen) atoms. The molecule has 0 aromatic heterocycles. The zero-order valence-electron chi connectivity index (χ0n) is 8.19. The molecule has 0 rings (SSSR count). The van der Waals surface area contributed by atoms with Crippen LogP contribution in [0.15, 0.2) is 0 Å².